The summed E-state index contributed by atoms with van der Waals surface area (Å²) < 4.78 is 0. The van der Waals surface area contributed by atoms with E-state index in [1.54, 1.807) is 0 Å². The first-order chi connectivity index (χ1) is 8.24. The maximum Gasteiger partial charge on any atom is 0.137 e. The average Bonchev–Trinajstić information content (AvgIpc) is 2.46. The van der Waals surface area contributed by atoms with Gasteiger partial charge in [0.05, 0.1) is 5.70 Å². The monoisotopic (exact) mass is 241 g/mol. The van der Waals surface area contributed by atoms with Crippen molar-refractivity contribution in [3.05, 3.63) is 64.4 Å². The number of rotatable bonds is 0. The molecule has 1 aromatic rings. The highest BCUT2D eigenvalue weighted by Crippen LogP contribution is 2.31. The third-order valence-corrected chi connectivity index (χ3v) is 3.34. The Hall–Kier alpha value is -1.60. The minimum absolute atomic E-state index is 0.575. The minimum Gasteiger partial charge on any atom is -0.236 e. The van der Waals surface area contributed by atoms with Gasteiger partial charge < -0.3 is 0 Å². The van der Waals surface area contributed by atoms with E-state index in [9.17, 15) is 0 Å². The lowest BCUT2D eigenvalue weighted by atomic mass is 9.96. The number of fused-ring (bicyclic) bond motifs is 2. The van der Waals surface area contributed by atoms with Gasteiger partial charge >= 0.3 is 0 Å². The Morgan fingerprint density at radius 2 is 2.00 bits per heavy atom. The summed E-state index contributed by atoms with van der Waals surface area (Å²) in [4.78, 5) is 4.50. The van der Waals surface area contributed by atoms with Crippen LogP contribution in [0, 0.1) is 0 Å². The van der Waals surface area contributed by atoms with Gasteiger partial charge in [-0.3, -0.25) is 0 Å². The summed E-state index contributed by atoms with van der Waals surface area (Å²) in [5.74, 6) is 0. The van der Waals surface area contributed by atoms with E-state index in [1.807, 2.05) is 24.3 Å². The molecule has 0 unspecified atom stereocenters. The normalized spacial score (nSPS) is 18.0. The Bertz CT molecular complexity index is 603. The number of hydrogen-bond donors (Lipinski definition) is 0. The fourth-order valence-electron chi connectivity index (χ4n) is 2.18. The lowest BCUT2D eigenvalue weighted by Crippen LogP contribution is -1.94. The van der Waals surface area contributed by atoms with Gasteiger partial charge in [0.2, 0.25) is 0 Å². The third-order valence-electron chi connectivity index (χ3n) is 3.06. The molecular formula is C15H12ClN. The van der Waals surface area contributed by atoms with E-state index >= 15 is 0 Å². The van der Waals surface area contributed by atoms with Crippen molar-refractivity contribution in [2.45, 2.75) is 13.3 Å². The molecule has 0 spiro atoms. The molecule has 2 heteroatoms. The zero-order valence-electron chi connectivity index (χ0n) is 9.57. The topological polar surface area (TPSA) is 12.4 Å². The predicted molar refractivity (Wildman–Crippen MR) is 73.3 cm³/mol. The van der Waals surface area contributed by atoms with Gasteiger partial charge in [0.15, 0.2) is 0 Å². The van der Waals surface area contributed by atoms with E-state index < -0.39 is 0 Å². The van der Waals surface area contributed by atoms with Gasteiger partial charge in [-0.2, -0.15) is 0 Å². The van der Waals surface area contributed by atoms with Gasteiger partial charge in [-0.25, -0.2) is 4.99 Å². The fourth-order valence-corrected chi connectivity index (χ4v) is 2.44. The minimum atomic E-state index is 0.575. The molecule has 1 aliphatic heterocycles. The van der Waals surface area contributed by atoms with Crippen LogP contribution in [0.5, 0.6) is 0 Å². The second-order valence-corrected chi connectivity index (χ2v) is 4.76. The highest BCUT2D eigenvalue weighted by molar-refractivity contribution is 6.70. The van der Waals surface area contributed by atoms with E-state index in [4.69, 9.17) is 11.6 Å². The molecule has 84 valence electrons. The Kier molecular flexibility index (Phi) is 2.49. The summed E-state index contributed by atoms with van der Waals surface area (Å²) in [6.07, 6.45) is 7.29. The lowest BCUT2D eigenvalue weighted by molar-refractivity contribution is 1.09. The average molecular weight is 242 g/mol. The zero-order chi connectivity index (χ0) is 11.8. The molecule has 0 bridgehead atoms. The molecule has 0 saturated carbocycles. The fraction of sp³-hybridized carbons (Fsp3) is 0.133. The van der Waals surface area contributed by atoms with Crippen LogP contribution < -0.4 is 0 Å². The van der Waals surface area contributed by atoms with Gasteiger partial charge in [-0.15, -0.1) is 0 Å². The SMILES string of the molecule is CC1=CC=C2N=C(Cl)c3ccccc3C=C2C1. The van der Waals surface area contributed by atoms with Crippen LogP contribution in [-0.2, 0) is 0 Å². The molecule has 1 heterocycles. The molecule has 1 aromatic carbocycles. The lowest BCUT2D eigenvalue weighted by Gasteiger charge is -2.11. The van der Waals surface area contributed by atoms with Crippen LogP contribution in [0.2, 0.25) is 0 Å². The number of benzene rings is 1. The Balaban J connectivity index is 2.22. The first-order valence-electron chi connectivity index (χ1n) is 5.66. The summed E-state index contributed by atoms with van der Waals surface area (Å²) in [7, 11) is 0. The molecule has 0 N–H and O–H groups in total. The maximum atomic E-state index is 6.26. The summed E-state index contributed by atoms with van der Waals surface area (Å²) >= 11 is 6.26. The molecule has 0 radical (unpaired) electrons. The Morgan fingerprint density at radius 1 is 1.18 bits per heavy atom. The van der Waals surface area contributed by atoms with Crippen molar-refractivity contribution >= 4 is 22.8 Å². The Morgan fingerprint density at radius 3 is 2.88 bits per heavy atom. The van der Waals surface area contributed by atoms with Crippen LogP contribution in [0.15, 0.2) is 58.3 Å². The van der Waals surface area contributed by atoms with Gasteiger partial charge in [0.1, 0.15) is 5.17 Å². The molecule has 1 aliphatic carbocycles. The van der Waals surface area contributed by atoms with Crippen molar-refractivity contribution in [2.75, 3.05) is 0 Å². The largest absolute Gasteiger partial charge is 0.236 e. The van der Waals surface area contributed by atoms with Gasteiger partial charge in [0, 0.05) is 5.56 Å². The first kappa shape index (κ1) is 10.5. The van der Waals surface area contributed by atoms with Gasteiger partial charge in [-0.1, -0.05) is 47.5 Å². The quantitative estimate of drug-likeness (QED) is 0.642. The van der Waals surface area contributed by atoms with Crippen LogP contribution in [0.3, 0.4) is 0 Å². The molecule has 0 saturated heterocycles. The van der Waals surface area contributed by atoms with Crippen LogP contribution in [0.25, 0.3) is 6.08 Å². The molecule has 0 aromatic heterocycles. The van der Waals surface area contributed by atoms with Crippen LogP contribution in [0.4, 0.5) is 0 Å². The Labute approximate surface area is 106 Å². The van der Waals surface area contributed by atoms with Gasteiger partial charge in [0.25, 0.3) is 0 Å². The highest BCUT2D eigenvalue weighted by Gasteiger charge is 2.16. The summed E-state index contributed by atoms with van der Waals surface area (Å²) in [5, 5.41) is 0.575. The van der Waals surface area contributed by atoms with Crippen LogP contribution >= 0.6 is 11.6 Å². The van der Waals surface area contributed by atoms with Gasteiger partial charge in [-0.05, 0) is 36.6 Å². The predicted octanol–water partition coefficient (Wildman–Crippen LogP) is 4.30. The molecule has 2 aliphatic rings. The number of aliphatic imine (C=N–C) groups is 1. The van der Waals surface area contributed by atoms with E-state index in [2.05, 4.69) is 30.1 Å². The molecule has 1 nitrogen and oxygen atoms in total. The number of allylic oxidation sites excluding steroid dienone is 4. The van der Waals surface area contributed by atoms with Crippen molar-refractivity contribution in [3.8, 4) is 0 Å². The second-order valence-electron chi connectivity index (χ2n) is 4.40. The van der Waals surface area contributed by atoms with Crippen LogP contribution in [0.1, 0.15) is 24.5 Å². The zero-order valence-corrected chi connectivity index (χ0v) is 10.3. The molecule has 17 heavy (non-hydrogen) atoms. The summed E-state index contributed by atoms with van der Waals surface area (Å²) in [5.41, 5.74) is 5.74. The number of hydrogen-bond acceptors (Lipinski definition) is 1. The third kappa shape index (κ3) is 1.87. The van der Waals surface area contributed by atoms with Crippen molar-refractivity contribution in [1.29, 1.82) is 0 Å². The van der Waals surface area contributed by atoms with Crippen molar-refractivity contribution in [2.24, 2.45) is 4.99 Å². The standard InChI is InChI=1S/C15H12ClN/c1-10-6-7-14-12(8-10)9-11-4-2-3-5-13(11)15(16)17-14/h2-7,9H,8H2,1H3. The van der Waals surface area contributed by atoms with E-state index in [0.717, 1.165) is 23.2 Å². The molecule has 3 rings (SSSR count). The first-order valence-corrected chi connectivity index (χ1v) is 6.04. The van der Waals surface area contributed by atoms with Crippen molar-refractivity contribution in [3.63, 3.8) is 0 Å². The summed E-state index contributed by atoms with van der Waals surface area (Å²) in [6.45, 7) is 2.14. The van der Waals surface area contributed by atoms with Crippen molar-refractivity contribution < 1.29 is 0 Å². The van der Waals surface area contributed by atoms with E-state index in [1.165, 1.54) is 11.1 Å². The molecular weight excluding hydrogens is 230 g/mol. The maximum absolute atomic E-state index is 6.26. The van der Waals surface area contributed by atoms with Crippen molar-refractivity contribution in [1.82, 2.24) is 0 Å². The van der Waals surface area contributed by atoms with E-state index in [-0.39, 0.29) is 0 Å². The smallest absolute Gasteiger partial charge is 0.137 e. The summed E-state index contributed by atoms with van der Waals surface area (Å²) in [6, 6.07) is 8.11. The highest BCUT2D eigenvalue weighted by atomic mass is 35.5. The number of nitrogens with zero attached hydrogens (tertiary/aromatic N) is 1. The van der Waals surface area contributed by atoms with Crippen LogP contribution in [-0.4, -0.2) is 5.17 Å². The number of halogens is 1. The van der Waals surface area contributed by atoms with E-state index in [0.29, 0.717) is 5.17 Å². The molecule has 0 amide bonds. The second kappa shape index (κ2) is 4.01. The molecule has 0 fully saturated rings. The molecule has 0 atom stereocenters.